The van der Waals surface area contributed by atoms with E-state index in [1.54, 1.807) is 17.0 Å². The van der Waals surface area contributed by atoms with Gasteiger partial charge in [-0.2, -0.15) is 0 Å². The molecule has 1 aliphatic rings. The molecular formula is C33H40BrN3O4S. The van der Waals surface area contributed by atoms with Gasteiger partial charge >= 0.3 is 0 Å². The lowest BCUT2D eigenvalue weighted by Gasteiger charge is -2.35. The Kier molecular flexibility index (Phi) is 10.8. The molecule has 1 aliphatic carbocycles. The van der Waals surface area contributed by atoms with E-state index >= 15 is 0 Å². The van der Waals surface area contributed by atoms with Gasteiger partial charge in [-0.15, -0.1) is 0 Å². The molecule has 1 saturated carbocycles. The van der Waals surface area contributed by atoms with Gasteiger partial charge in [0.15, 0.2) is 0 Å². The fraction of sp³-hybridized carbons (Fsp3) is 0.394. The molecule has 1 N–H and O–H groups in total. The summed E-state index contributed by atoms with van der Waals surface area (Å²) in [6.07, 6.45) is 6.53. The SMILES string of the molecule is Cc1cc(C)cc(N(CC(=O)N(Cc2cccc(Br)c2)[C@H](Cc2ccccc2)C(=O)NC2CCCCC2)S(C)(=O)=O)c1. The smallest absolute Gasteiger partial charge is 0.244 e. The number of hydrogen-bond acceptors (Lipinski definition) is 4. The molecule has 0 spiro atoms. The zero-order valence-corrected chi connectivity index (χ0v) is 27.0. The predicted molar refractivity (Wildman–Crippen MR) is 172 cm³/mol. The van der Waals surface area contributed by atoms with Crippen molar-refractivity contribution >= 4 is 43.5 Å². The molecular weight excluding hydrogens is 614 g/mol. The fourth-order valence-electron chi connectivity index (χ4n) is 5.64. The highest BCUT2D eigenvalue weighted by molar-refractivity contribution is 9.10. The topological polar surface area (TPSA) is 86.8 Å². The number of halogens is 1. The molecule has 0 radical (unpaired) electrons. The van der Waals surface area contributed by atoms with Crippen molar-refractivity contribution in [2.24, 2.45) is 0 Å². The Morgan fingerprint density at radius 2 is 1.55 bits per heavy atom. The molecule has 3 aromatic rings. The maximum Gasteiger partial charge on any atom is 0.244 e. The van der Waals surface area contributed by atoms with Crippen LogP contribution in [0.2, 0.25) is 0 Å². The maximum absolute atomic E-state index is 14.3. The summed E-state index contributed by atoms with van der Waals surface area (Å²) in [6.45, 7) is 3.52. The second-order valence-corrected chi connectivity index (χ2v) is 14.1. The number of amides is 2. The lowest BCUT2D eigenvalue weighted by atomic mass is 9.94. The van der Waals surface area contributed by atoms with Crippen LogP contribution in [-0.2, 0) is 32.6 Å². The third-order valence-corrected chi connectivity index (χ3v) is 9.27. The number of sulfonamides is 1. The molecule has 224 valence electrons. The standard InChI is InChI=1S/C33H40BrN3O4S/c1-24-17-25(2)19-30(18-24)37(42(3,40)41)23-32(38)36(22-27-13-10-14-28(34)20-27)31(21-26-11-6-4-7-12-26)33(39)35-29-15-8-5-9-16-29/h4,6-7,10-14,17-20,29,31H,5,8-9,15-16,21-23H2,1-3H3,(H,35,39)/t31-/m1/s1. The Morgan fingerprint density at radius 3 is 2.17 bits per heavy atom. The first-order valence-corrected chi connectivity index (χ1v) is 17.1. The zero-order valence-electron chi connectivity index (χ0n) is 24.6. The van der Waals surface area contributed by atoms with Crippen molar-refractivity contribution < 1.29 is 18.0 Å². The van der Waals surface area contributed by atoms with Crippen LogP contribution in [0, 0.1) is 13.8 Å². The highest BCUT2D eigenvalue weighted by Crippen LogP contribution is 2.24. The summed E-state index contributed by atoms with van der Waals surface area (Å²) in [5, 5.41) is 3.23. The molecule has 0 heterocycles. The van der Waals surface area contributed by atoms with Crippen LogP contribution in [0.25, 0.3) is 0 Å². The first-order valence-electron chi connectivity index (χ1n) is 14.4. The van der Waals surface area contributed by atoms with E-state index in [9.17, 15) is 18.0 Å². The van der Waals surface area contributed by atoms with Crippen molar-refractivity contribution in [2.45, 2.75) is 71.0 Å². The van der Waals surface area contributed by atoms with E-state index in [1.165, 1.54) is 0 Å². The van der Waals surface area contributed by atoms with Crippen LogP contribution in [-0.4, -0.2) is 50.0 Å². The van der Waals surface area contributed by atoms with Crippen molar-refractivity contribution in [3.05, 3.63) is 99.5 Å². The van der Waals surface area contributed by atoms with E-state index in [0.717, 1.165) is 69.4 Å². The summed E-state index contributed by atoms with van der Waals surface area (Å²) in [4.78, 5) is 29.9. The van der Waals surface area contributed by atoms with Gasteiger partial charge < -0.3 is 10.2 Å². The van der Waals surface area contributed by atoms with E-state index < -0.39 is 28.5 Å². The molecule has 42 heavy (non-hydrogen) atoms. The first-order chi connectivity index (χ1) is 20.0. The van der Waals surface area contributed by atoms with Gasteiger partial charge in [0.1, 0.15) is 12.6 Å². The number of anilines is 1. The summed E-state index contributed by atoms with van der Waals surface area (Å²) < 4.78 is 28.1. The first kappa shape index (κ1) is 31.8. The molecule has 0 saturated heterocycles. The minimum absolute atomic E-state index is 0.0649. The van der Waals surface area contributed by atoms with Gasteiger partial charge in [-0.05, 0) is 73.2 Å². The van der Waals surface area contributed by atoms with Crippen molar-refractivity contribution in [1.29, 1.82) is 0 Å². The van der Waals surface area contributed by atoms with Gasteiger partial charge in [-0.1, -0.05) is 83.7 Å². The molecule has 3 aromatic carbocycles. The molecule has 2 amide bonds. The number of carbonyl (C=O) groups is 2. The molecule has 9 heteroatoms. The molecule has 4 rings (SSSR count). The van der Waals surface area contributed by atoms with Crippen LogP contribution in [0.1, 0.15) is 54.4 Å². The Balaban J connectivity index is 1.73. The van der Waals surface area contributed by atoms with E-state index in [1.807, 2.05) is 74.5 Å². The van der Waals surface area contributed by atoms with E-state index in [4.69, 9.17) is 0 Å². The lowest BCUT2D eigenvalue weighted by Crippen LogP contribution is -2.55. The summed E-state index contributed by atoms with van der Waals surface area (Å²) in [5.41, 5.74) is 3.97. The van der Waals surface area contributed by atoms with Crippen LogP contribution >= 0.6 is 15.9 Å². The number of hydrogen-bond donors (Lipinski definition) is 1. The second-order valence-electron chi connectivity index (χ2n) is 11.3. The molecule has 1 atom stereocenters. The number of nitrogens with one attached hydrogen (secondary N) is 1. The van der Waals surface area contributed by atoms with E-state index in [-0.39, 0.29) is 18.5 Å². The number of rotatable bonds is 11. The average molecular weight is 655 g/mol. The molecule has 0 unspecified atom stereocenters. The lowest BCUT2D eigenvalue weighted by molar-refractivity contribution is -0.140. The van der Waals surface area contributed by atoms with Gasteiger partial charge in [0.2, 0.25) is 21.8 Å². The second kappa shape index (κ2) is 14.3. The normalized spacial score (nSPS) is 14.7. The molecule has 0 bridgehead atoms. The van der Waals surface area contributed by atoms with Gasteiger partial charge in [-0.3, -0.25) is 13.9 Å². The highest BCUT2D eigenvalue weighted by atomic mass is 79.9. The van der Waals surface area contributed by atoms with Gasteiger partial charge in [0, 0.05) is 23.5 Å². The van der Waals surface area contributed by atoms with Gasteiger partial charge in [0.25, 0.3) is 0 Å². The Hall–Kier alpha value is -3.17. The number of nitrogens with zero attached hydrogens (tertiary/aromatic N) is 2. The Morgan fingerprint density at radius 1 is 0.905 bits per heavy atom. The van der Waals surface area contributed by atoms with Crippen molar-refractivity contribution in [3.63, 3.8) is 0 Å². The van der Waals surface area contributed by atoms with Crippen LogP contribution in [0.4, 0.5) is 5.69 Å². The number of carbonyl (C=O) groups excluding carboxylic acids is 2. The molecule has 0 aromatic heterocycles. The molecule has 7 nitrogen and oxygen atoms in total. The van der Waals surface area contributed by atoms with Crippen LogP contribution in [0.3, 0.4) is 0 Å². The van der Waals surface area contributed by atoms with Crippen molar-refractivity contribution in [1.82, 2.24) is 10.2 Å². The van der Waals surface area contributed by atoms with Gasteiger partial charge in [0.05, 0.1) is 11.9 Å². The zero-order chi connectivity index (χ0) is 30.3. The summed E-state index contributed by atoms with van der Waals surface area (Å²) in [5.74, 6) is -0.661. The fourth-order valence-corrected chi connectivity index (χ4v) is 6.92. The van der Waals surface area contributed by atoms with E-state index in [0.29, 0.717) is 12.1 Å². The predicted octanol–water partition coefficient (Wildman–Crippen LogP) is 5.92. The quantitative estimate of drug-likeness (QED) is 0.278. The third kappa shape index (κ3) is 8.91. The summed E-state index contributed by atoms with van der Waals surface area (Å²) >= 11 is 3.51. The van der Waals surface area contributed by atoms with Crippen LogP contribution < -0.4 is 9.62 Å². The summed E-state index contributed by atoms with van der Waals surface area (Å²) in [6, 6.07) is 21.9. The maximum atomic E-state index is 14.3. The minimum Gasteiger partial charge on any atom is -0.352 e. The Labute approximate surface area is 258 Å². The van der Waals surface area contributed by atoms with Crippen LogP contribution in [0.5, 0.6) is 0 Å². The van der Waals surface area contributed by atoms with Crippen molar-refractivity contribution in [2.75, 3.05) is 17.1 Å². The third-order valence-electron chi connectivity index (χ3n) is 7.64. The Bertz CT molecular complexity index is 1470. The summed E-state index contributed by atoms with van der Waals surface area (Å²) in [7, 11) is -3.81. The highest BCUT2D eigenvalue weighted by Gasteiger charge is 2.34. The minimum atomic E-state index is -3.81. The van der Waals surface area contributed by atoms with Crippen molar-refractivity contribution in [3.8, 4) is 0 Å². The van der Waals surface area contributed by atoms with Crippen LogP contribution in [0.15, 0.2) is 77.3 Å². The van der Waals surface area contributed by atoms with Gasteiger partial charge in [-0.25, -0.2) is 8.42 Å². The number of benzene rings is 3. The monoisotopic (exact) mass is 653 g/mol. The largest absolute Gasteiger partial charge is 0.352 e. The number of aryl methyl sites for hydroxylation is 2. The molecule has 0 aliphatic heterocycles. The molecule has 1 fully saturated rings. The average Bonchev–Trinajstić information content (AvgIpc) is 2.93. The van der Waals surface area contributed by atoms with E-state index in [2.05, 4.69) is 21.2 Å².